The van der Waals surface area contributed by atoms with Crippen molar-refractivity contribution in [1.29, 1.82) is 0 Å². The summed E-state index contributed by atoms with van der Waals surface area (Å²) in [6, 6.07) is 24.8. The third-order valence-corrected chi connectivity index (χ3v) is 7.27. The molecule has 2 aliphatic rings. The molecule has 2 atom stereocenters. The molecule has 0 N–H and O–H groups in total. The molecule has 0 saturated heterocycles. The summed E-state index contributed by atoms with van der Waals surface area (Å²) < 4.78 is 29.0. The molecule has 1 amide bonds. The van der Waals surface area contributed by atoms with Gasteiger partial charge >= 0.3 is 0 Å². The molecule has 1 aromatic heterocycles. The molecule has 3 aromatic carbocycles. The largest absolute Gasteiger partial charge is 0.486 e. The number of rotatable bonds is 4. The molecular weight excluding hydrogens is 509 g/mol. The van der Waals surface area contributed by atoms with E-state index in [1.807, 2.05) is 84.7 Å². The summed E-state index contributed by atoms with van der Waals surface area (Å²) in [6.07, 6.45) is 4.69. The maximum atomic E-state index is 15.3. The maximum absolute atomic E-state index is 15.3. The van der Waals surface area contributed by atoms with Crippen LogP contribution in [0.25, 0.3) is 0 Å². The SMILES string of the molecule is C[C@H]1N2C/C=C/COc3c(F)cccc3[C@H](c3ccccc3)N1n1ccc(=O)c(OCc3ccccc3)c1C2=O. The van der Waals surface area contributed by atoms with Crippen LogP contribution in [0.3, 0.4) is 0 Å². The number of benzene rings is 3. The van der Waals surface area contributed by atoms with Crippen LogP contribution in [0.5, 0.6) is 11.5 Å². The molecule has 0 spiro atoms. The van der Waals surface area contributed by atoms with Crippen molar-refractivity contribution < 1.29 is 18.7 Å². The zero-order valence-electron chi connectivity index (χ0n) is 21.9. The van der Waals surface area contributed by atoms with Crippen LogP contribution in [-0.2, 0) is 6.61 Å². The molecule has 0 fully saturated rings. The number of amides is 1. The van der Waals surface area contributed by atoms with Gasteiger partial charge in [0, 0.05) is 24.4 Å². The number of hydrogen-bond acceptors (Lipinski definition) is 5. The monoisotopic (exact) mass is 537 g/mol. The minimum Gasteiger partial charge on any atom is -0.486 e. The highest BCUT2D eigenvalue weighted by Crippen LogP contribution is 2.40. The Labute approximate surface area is 231 Å². The van der Waals surface area contributed by atoms with E-state index in [0.29, 0.717) is 5.56 Å². The van der Waals surface area contributed by atoms with E-state index in [0.717, 1.165) is 11.1 Å². The number of ether oxygens (including phenoxy) is 2. The predicted molar refractivity (Wildman–Crippen MR) is 150 cm³/mol. The second kappa shape index (κ2) is 10.7. The van der Waals surface area contributed by atoms with Crippen molar-refractivity contribution in [2.75, 3.05) is 18.2 Å². The van der Waals surface area contributed by atoms with E-state index in [9.17, 15) is 9.59 Å². The summed E-state index contributed by atoms with van der Waals surface area (Å²) in [5.41, 5.74) is 2.05. The van der Waals surface area contributed by atoms with Crippen LogP contribution >= 0.6 is 0 Å². The van der Waals surface area contributed by atoms with Crippen LogP contribution in [0.4, 0.5) is 4.39 Å². The number of nitrogens with zero attached hydrogens (tertiary/aromatic N) is 3. The van der Waals surface area contributed by atoms with Gasteiger partial charge in [-0.15, -0.1) is 0 Å². The third kappa shape index (κ3) is 4.51. The molecular formula is C32H28FN3O4. The lowest BCUT2D eigenvalue weighted by Crippen LogP contribution is -2.61. The van der Waals surface area contributed by atoms with Crippen LogP contribution in [0.2, 0.25) is 0 Å². The standard InChI is InChI=1S/C32H28FN3O4/c1-22-34-18-8-9-20-39-30-25(15-10-16-26(30)33)28(24-13-6-3-7-14-24)36(22)35-19-17-27(37)31(29(35)32(34)38)40-21-23-11-4-2-5-12-23/h2-17,19,22,28H,18,20-21H2,1H3/b9-8+/t22-,28-/m0/s1. The number of fused-ring (bicyclic) bond motifs is 5. The number of para-hydroxylation sites is 1. The summed E-state index contributed by atoms with van der Waals surface area (Å²) in [5, 5.41) is 1.97. The van der Waals surface area contributed by atoms with Crippen LogP contribution < -0.4 is 19.9 Å². The van der Waals surface area contributed by atoms with Crippen molar-refractivity contribution in [2.45, 2.75) is 25.7 Å². The predicted octanol–water partition coefficient (Wildman–Crippen LogP) is 5.04. The van der Waals surface area contributed by atoms with Gasteiger partial charge in [0.2, 0.25) is 5.43 Å². The molecule has 4 aromatic rings. The van der Waals surface area contributed by atoms with Gasteiger partial charge < -0.3 is 14.4 Å². The highest BCUT2D eigenvalue weighted by molar-refractivity contribution is 5.96. The first-order chi connectivity index (χ1) is 19.5. The third-order valence-electron chi connectivity index (χ3n) is 7.27. The second-order valence-corrected chi connectivity index (χ2v) is 9.70. The summed E-state index contributed by atoms with van der Waals surface area (Å²) in [5.74, 6) is -0.697. The smallest absolute Gasteiger partial charge is 0.278 e. The van der Waals surface area contributed by atoms with E-state index < -0.39 is 23.5 Å². The van der Waals surface area contributed by atoms with Crippen molar-refractivity contribution in [2.24, 2.45) is 0 Å². The maximum Gasteiger partial charge on any atom is 0.278 e. The minimum absolute atomic E-state index is 0.0281. The lowest BCUT2D eigenvalue weighted by atomic mass is 9.96. The summed E-state index contributed by atoms with van der Waals surface area (Å²) in [4.78, 5) is 28.9. The normalized spacial score (nSPS) is 19.1. The fraction of sp³-hybridized carbons (Fsp3) is 0.188. The first kappa shape index (κ1) is 25.4. The van der Waals surface area contributed by atoms with Gasteiger partial charge in [-0.2, -0.15) is 0 Å². The number of hydrogen-bond donors (Lipinski definition) is 0. The summed E-state index contributed by atoms with van der Waals surface area (Å²) in [7, 11) is 0. The molecule has 0 saturated carbocycles. The number of carbonyl (C=O) groups is 1. The quantitative estimate of drug-likeness (QED) is 0.341. The van der Waals surface area contributed by atoms with E-state index in [1.165, 1.54) is 12.1 Å². The van der Waals surface area contributed by atoms with Crippen molar-refractivity contribution >= 4 is 5.91 Å². The first-order valence-corrected chi connectivity index (χ1v) is 13.2. The van der Waals surface area contributed by atoms with Gasteiger partial charge in [0.15, 0.2) is 23.0 Å². The van der Waals surface area contributed by atoms with E-state index in [4.69, 9.17) is 9.47 Å². The van der Waals surface area contributed by atoms with Crippen LogP contribution in [-0.4, -0.2) is 34.8 Å². The topological polar surface area (TPSA) is 64.0 Å². The summed E-state index contributed by atoms with van der Waals surface area (Å²) in [6.45, 7) is 2.45. The highest BCUT2D eigenvalue weighted by atomic mass is 19.1. The Kier molecular flexibility index (Phi) is 6.82. The van der Waals surface area contributed by atoms with E-state index in [-0.39, 0.29) is 42.9 Å². The lowest BCUT2D eigenvalue weighted by Gasteiger charge is -2.48. The van der Waals surface area contributed by atoms with Gasteiger partial charge in [-0.05, 0) is 30.2 Å². The van der Waals surface area contributed by atoms with Crippen molar-refractivity contribution in [1.82, 2.24) is 9.58 Å². The average Bonchev–Trinajstić information content (AvgIpc) is 2.99. The Morgan fingerprint density at radius 3 is 2.45 bits per heavy atom. The number of halogens is 1. The molecule has 0 radical (unpaired) electrons. The van der Waals surface area contributed by atoms with Gasteiger partial charge in [0.05, 0.1) is 0 Å². The Morgan fingerprint density at radius 1 is 0.925 bits per heavy atom. The molecule has 0 aliphatic carbocycles. The molecule has 7 nitrogen and oxygen atoms in total. The van der Waals surface area contributed by atoms with Gasteiger partial charge in [0.1, 0.15) is 25.4 Å². The van der Waals surface area contributed by atoms with Gasteiger partial charge in [-0.25, -0.2) is 4.39 Å². The number of pyridine rings is 1. The zero-order valence-corrected chi connectivity index (χ0v) is 21.9. The molecule has 2 aliphatic heterocycles. The Morgan fingerprint density at radius 2 is 1.68 bits per heavy atom. The Bertz CT molecular complexity index is 1620. The number of carbonyl (C=O) groups excluding carboxylic acids is 1. The zero-order chi connectivity index (χ0) is 27.6. The minimum atomic E-state index is -0.571. The van der Waals surface area contributed by atoms with Crippen LogP contribution in [0, 0.1) is 5.82 Å². The van der Waals surface area contributed by atoms with Crippen molar-refractivity contribution in [3.05, 3.63) is 142 Å². The van der Waals surface area contributed by atoms with Gasteiger partial charge in [-0.3, -0.25) is 19.3 Å². The van der Waals surface area contributed by atoms with Crippen molar-refractivity contribution in [3.63, 3.8) is 0 Å². The second-order valence-electron chi connectivity index (χ2n) is 9.70. The Hall–Kier alpha value is -4.85. The van der Waals surface area contributed by atoms with E-state index >= 15 is 4.39 Å². The fourth-order valence-corrected chi connectivity index (χ4v) is 5.36. The fourth-order valence-electron chi connectivity index (χ4n) is 5.36. The molecule has 0 unspecified atom stereocenters. The molecule has 3 heterocycles. The molecule has 40 heavy (non-hydrogen) atoms. The van der Waals surface area contributed by atoms with Crippen LogP contribution in [0.15, 0.2) is 108 Å². The first-order valence-electron chi connectivity index (χ1n) is 13.2. The highest BCUT2D eigenvalue weighted by Gasteiger charge is 2.42. The van der Waals surface area contributed by atoms with E-state index in [1.54, 1.807) is 27.9 Å². The Balaban J connectivity index is 1.59. The number of aromatic nitrogens is 1. The van der Waals surface area contributed by atoms with Gasteiger partial charge in [-0.1, -0.05) is 78.9 Å². The lowest BCUT2D eigenvalue weighted by molar-refractivity contribution is 0.0601. The van der Waals surface area contributed by atoms with Crippen LogP contribution in [0.1, 0.15) is 40.1 Å². The summed E-state index contributed by atoms with van der Waals surface area (Å²) >= 11 is 0. The van der Waals surface area contributed by atoms with Gasteiger partial charge in [0.25, 0.3) is 5.91 Å². The average molecular weight is 538 g/mol. The van der Waals surface area contributed by atoms with Crippen molar-refractivity contribution in [3.8, 4) is 11.5 Å². The molecule has 202 valence electrons. The molecule has 8 heteroatoms. The van der Waals surface area contributed by atoms with E-state index in [2.05, 4.69) is 0 Å². The molecule has 2 bridgehead atoms. The molecule has 6 rings (SSSR count).